The highest BCUT2D eigenvalue weighted by molar-refractivity contribution is 14.1. The van der Waals surface area contributed by atoms with Crippen molar-refractivity contribution < 1.29 is 0 Å². The standard InChI is InChI=1S/C15H14BrI/c1-10-6-7-13(8-11(10)2)15(16)12-4-3-5-14(17)9-12/h3-9,15H,1-2H3. The van der Waals surface area contributed by atoms with Crippen LogP contribution in [0.15, 0.2) is 42.5 Å². The second kappa shape index (κ2) is 5.53. The molecule has 0 spiro atoms. The van der Waals surface area contributed by atoms with Crippen LogP contribution in [0.1, 0.15) is 27.1 Å². The van der Waals surface area contributed by atoms with Gasteiger partial charge in [0.05, 0.1) is 4.83 Å². The molecule has 2 aromatic rings. The first-order valence-corrected chi connectivity index (χ1v) is 7.54. The molecule has 0 bridgehead atoms. The minimum absolute atomic E-state index is 0.275. The smallest absolute Gasteiger partial charge is 0.0645 e. The first-order chi connectivity index (χ1) is 8.08. The summed E-state index contributed by atoms with van der Waals surface area (Å²) in [5.74, 6) is 0. The zero-order chi connectivity index (χ0) is 12.4. The zero-order valence-corrected chi connectivity index (χ0v) is 13.6. The highest BCUT2D eigenvalue weighted by Crippen LogP contribution is 2.32. The fourth-order valence-electron chi connectivity index (χ4n) is 1.78. The zero-order valence-electron chi connectivity index (χ0n) is 9.87. The number of halogens is 2. The molecule has 0 amide bonds. The first kappa shape index (κ1) is 13.1. The third kappa shape index (κ3) is 3.10. The van der Waals surface area contributed by atoms with Gasteiger partial charge in [-0.25, -0.2) is 0 Å². The quantitative estimate of drug-likeness (QED) is 0.468. The van der Waals surface area contributed by atoms with E-state index in [4.69, 9.17) is 0 Å². The van der Waals surface area contributed by atoms with Gasteiger partial charge in [0.15, 0.2) is 0 Å². The van der Waals surface area contributed by atoms with E-state index >= 15 is 0 Å². The summed E-state index contributed by atoms with van der Waals surface area (Å²) in [6, 6.07) is 15.2. The van der Waals surface area contributed by atoms with Crippen molar-refractivity contribution >= 4 is 38.5 Å². The van der Waals surface area contributed by atoms with Gasteiger partial charge in [-0.05, 0) is 70.8 Å². The topological polar surface area (TPSA) is 0 Å². The van der Waals surface area contributed by atoms with Crippen LogP contribution < -0.4 is 0 Å². The third-order valence-electron chi connectivity index (χ3n) is 2.96. The number of hydrogen-bond acceptors (Lipinski definition) is 0. The molecule has 0 aliphatic rings. The van der Waals surface area contributed by atoms with E-state index in [-0.39, 0.29) is 4.83 Å². The van der Waals surface area contributed by atoms with Crippen molar-refractivity contribution in [3.8, 4) is 0 Å². The van der Waals surface area contributed by atoms with Crippen LogP contribution in [0.4, 0.5) is 0 Å². The maximum Gasteiger partial charge on any atom is 0.0645 e. The van der Waals surface area contributed by atoms with Crippen molar-refractivity contribution in [2.24, 2.45) is 0 Å². The second-order valence-electron chi connectivity index (χ2n) is 4.26. The molecular weight excluding hydrogens is 387 g/mol. The van der Waals surface area contributed by atoms with E-state index in [0.717, 1.165) is 0 Å². The summed E-state index contributed by atoms with van der Waals surface area (Å²) in [4.78, 5) is 0.275. The van der Waals surface area contributed by atoms with Crippen LogP contribution in [-0.4, -0.2) is 0 Å². The van der Waals surface area contributed by atoms with Crippen LogP contribution in [0.25, 0.3) is 0 Å². The first-order valence-electron chi connectivity index (χ1n) is 5.54. The molecule has 2 aromatic carbocycles. The summed E-state index contributed by atoms with van der Waals surface area (Å²) in [6.45, 7) is 4.31. The Kier molecular flexibility index (Phi) is 4.26. The normalized spacial score (nSPS) is 12.5. The van der Waals surface area contributed by atoms with E-state index in [2.05, 4.69) is 94.8 Å². The molecule has 0 aliphatic carbocycles. The van der Waals surface area contributed by atoms with Crippen molar-refractivity contribution in [1.29, 1.82) is 0 Å². The number of aryl methyl sites for hydroxylation is 2. The van der Waals surface area contributed by atoms with Gasteiger partial charge in [-0.1, -0.05) is 46.3 Å². The lowest BCUT2D eigenvalue weighted by Gasteiger charge is -2.13. The Balaban J connectivity index is 2.36. The molecule has 2 rings (SSSR count). The van der Waals surface area contributed by atoms with E-state index in [1.165, 1.54) is 25.8 Å². The van der Waals surface area contributed by atoms with Crippen LogP contribution in [0.2, 0.25) is 0 Å². The van der Waals surface area contributed by atoms with Gasteiger partial charge in [0.1, 0.15) is 0 Å². The molecule has 0 heterocycles. The van der Waals surface area contributed by atoms with E-state index in [1.807, 2.05) is 0 Å². The summed E-state index contributed by atoms with van der Waals surface area (Å²) in [5.41, 5.74) is 5.31. The molecule has 0 saturated carbocycles. The van der Waals surface area contributed by atoms with Crippen molar-refractivity contribution in [3.63, 3.8) is 0 Å². The monoisotopic (exact) mass is 400 g/mol. The molecule has 2 heteroatoms. The summed E-state index contributed by atoms with van der Waals surface area (Å²) in [5, 5.41) is 0. The van der Waals surface area contributed by atoms with Crippen LogP contribution in [0.3, 0.4) is 0 Å². The molecule has 1 atom stereocenters. The molecular formula is C15H14BrI. The summed E-state index contributed by atoms with van der Waals surface area (Å²) in [6.07, 6.45) is 0. The molecule has 0 saturated heterocycles. The van der Waals surface area contributed by atoms with E-state index in [9.17, 15) is 0 Å². The van der Waals surface area contributed by atoms with Gasteiger partial charge in [0.25, 0.3) is 0 Å². The Labute approximate surface area is 125 Å². The van der Waals surface area contributed by atoms with E-state index < -0.39 is 0 Å². The number of benzene rings is 2. The van der Waals surface area contributed by atoms with Crippen LogP contribution in [-0.2, 0) is 0 Å². The Morgan fingerprint density at radius 1 is 0.941 bits per heavy atom. The molecule has 0 aromatic heterocycles. The summed E-state index contributed by atoms with van der Waals surface area (Å²) in [7, 11) is 0. The van der Waals surface area contributed by atoms with Gasteiger partial charge >= 0.3 is 0 Å². The number of rotatable bonds is 2. The Morgan fingerprint density at radius 3 is 2.29 bits per heavy atom. The largest absolute Gasteiger partial charge is 0.0786 e. The molecule has 17 heavy (non-hydrogen) atoms. The Morgan fingerprint density at radius 2 is 1.65 bits per heavy atom. The van der Waals surface area contributed by atoms with Crippen LogP contribution >= 0.6 is 38.5 Å². The van der Waals surface area contributed by atoms with Crippen molar-refractivity contribution in [2.45, 2.75) is 18.7 Å². The molecule has 1 unspecified atom stereocenters. The molecule has 0 aliphatic heterocycles. The predicted molar refractivity (Wildman–Crippen MR) is 85.8 cm³/mol. The molecule has 0 N–H and O–H groups in total. The minimum Gasteiger partial charge on any atom is -0.0786 e. The maximum absolute atomic E-state index is 3.78. The molecule has 0 radical (unpaired) electrons. The summed E-state index contributed by atoms with van der Waals surface area (Å²) < 4.78 is 1.27. The lowest BCUT2D eigenvalue weighted by Crippen LogP contribution is -1.94. The summed E-state index contributed by atoms with van der Waals surface area (Å²) >= 11 is 6.13. The average molecular weight is 401 g/mol. The van der Waals surface area contributed by atoms with Gasteiger partial charge in [0.2, 0.25) is 0 Å². The van der Waals surface area contributed by atoms with Gasteiger partial charge in [0, 0.05) is 3.57 Å². The fraction of sp³-hybridized carbons (Fsp3) is 0.200. The van der Waals surface area contributed by atoms with Gasteiger partial charge < -0.3 is 0 Å². The lowest BCUT2D eigenvalue weighted by atomic mass is 10.0. The number of alkyl halides is 1. The van der Waals surface area contributed by atoms with Gasteiger partial charge in [-0.2, -0.15) is 0 Å². The highest BCUT2D eigenvalue weighted by atomic mass is 127. The average Bonchev–Trinajstić information content (AvgIpc) is 2.32. The molecule has 0 fully saturated rings. The Bertz CT molecular complexity index is 534. The molecule has 0 nitrogen and oxygen atoms in total. The van der Waals surface area contributed by atoms with Crippen molar-refractivity contribution in [3.05, 3.63) is 68.3 Å². The predicted octanol–water partition coefficient (Wildman–Crippen LogP) is 5.39. The van der Waals surface area contributed by atoms with Gasteiger partial charge in [-0.15, -0.1) is 0 Å². The van der Waals surface area contributed by atoms with Crippen LogP contribution in [0, 0.1) is 17.4 Å². The van der Waals surface area contributed by atoms with Crippen LogP contribution in [0.5, 0.6) is 0 Å². The van der Waals surface area contributed by atoms with E-state index in [1.54, 1.807) is 0 Å². The number of hydrogen-bond donors (Lipinski definition) is 0. The third-order valence-corrected chi connectivity index (χ3v) is 4.69. The highest BCUT2D eigenvalue weighted by Gasteiger charge is 2.10. The lowest BCUT2D eigenvalue weighted by molar-refractivity contribution is 1.15. The fourth-order valence-corrected chi connectivity index (χ4v) is 2.92. The van der Waals surface area contributed by atoms with E-state index in [0.29, 0.717) is 0 Å². The molecule has 88 valence electrons. The van der Waals surface area contributed by atoms with Gasteiger partial charge in [-0.3, -0.25) is 0 Å². The van der Waals surface area contributed by atoms with Crippen molar-refractivity contribution in [2.75, 3.05) is 0 Å². The Hall–Kier alpha value is -0.350. The second-order valence-corrected chi connectivity index (χ2v) is 6.42. The maximum atomic E-state index is 3.78. The minimum atomic E-state index is 0.275. The van der Waals surface area contributed by atoms with Crippen molar-refractivity contribution in [1.82, 2.24) is 0 Å². The SMILES string of the molecule is Cc1ccc(C(Br)c2cccc(I)c2)cc1C.